The first-order valence-electron chi connectivity index (χ1n) is 20.5. The molecular formula is C44H67NO7. The summed E-state index contributed by atoms with van der Waals surface area (Å²) in [6.45, 7) is 22.6. The first kappa shape index (κ1) is 39.2. The van der Waals surface area contributed by atoms with E-state index in [-0.39, 0.29) is 69.4 Å². The number of carbonyl (C=O) groups excluding carboxylic acids is 4. The smallest absolute Gasteiger partial charge is 0.309 e. The van der Waals surface area contributed by atoms with E-state index >= 15 is 0 Å². The second-order valence-corrected chi connectivity index (χ2v) is 20.6. The summed E-state index contributed by atoms with van der Waals surface area (Å²) in [5.74, 6) is 0.523. The summed E-state index contributed by atoms with van der Waals surface area (Å²) >= 11 is 0. The first-order chi connectivity index (χ1) is 24.0. The summed E-state index contributed by atoms with van der Waals surface area (Å²) in [6.07, 6.45) is 9.74. The Balaban J connectivity index is 1.27. The Hall–Kier alpha value is -2.51. The van der Waals surface area contributed by atoms with Gasteiger partial charge in [0.2, 0.25) is 5.91 Å². The van der Waals surface area contributed by atoms with Gasteiger partial charge in [-0.2, -0.15) is 0 Å². The van der Waals surface area contributed by atoms with E-state index in [2.05, 4.69) is 48.5 Å². The molecule has 8 nitrogen and oxygen atoms in total. The lowest BCUT2D eigenvalue weighted by molar-refractivity contribution is -0.233. The van der Waals surface area contributed by atoms with Crippen LogP contribution in [0.2, 0.25) is 0 Å². The number of piperidine rings is 1. The zero-order chi connectivity index (χ0) is 38.4. The standard InChI is InChI=1S/C44H67NO7/c1-26(2)36-30(47)24-44(33(48)23-28-15-21-45(22-16-28)27(3)46)20-19-42(9)29(37(36)44)11-12-32-41(8)17-14-34(52-35(49)25-39(4,5)38(50)51)40(6,7)31(41)13-18-43(32,42)10/h26,28-29,31-32,34H,11-25H2,1-10H3,(H,50,51)/t29-,31+,32-,34+,41+,42-,43-,44+/m1/s1. The summed E-state index contributed by atoms with van der Waals surface area (Å²) in [5, 5.41) is 9.61. The summed E-state index contributed by atoms with van der Waals surface area (Å²) in [7, 11) is 0. The van der Waals surface area contributed by atoms with E-state index in [0.717, 1.165) is 69.8 Å². The van der Waals surface area contributed by atoms with Crippen molar-refractivity contribution in [2.24, 2.45) is 62.1 Å². The van der Waals surface area contributed by atoms with Crippen LogP contribution in [0.15, 0.2) is 11.1 Å². The van der Waals surface area contributed by atoms with Crippen LogP contribution in [-0.4, -0.2) is 58.6 Å². The van der Waals surface area contributed by atoms with Crippen molar-refractivity contribution in [2.75, 3.05) is 13.1 Å². The third-order valence-electron chi connectivity index (χ3n) is 16.9. The van der Waals surface area contributed by atoms with Crippen LogP contribution in [-0.2, 0) is 28.7 Å². The van der Waals surface area contributed by atoms with Gasteiger partial charge in [0, 0.05) is 38.3 Å². The number of ether oxygens (including phenoxy) is 1. The molecule has 0 spiro atoms. The van der Waals surface area contributed by atoms with E-state index < -0.39 is 22.8 Å². The van der Waals surface area contributed by atoms with Gasteiger partial charge in [-0.05, 0) is 135 Å². The van der Waals surface area contributed by atoms with Gasteiger partial charge in [-0.15, -0.1) is 0 Å². The van der Waals surface area contributed by atoms with Crippen LogP contribution >= 0.6 is 0 Å². The molecule has 1 heterocycles. The molecular weight excluding hydrogens is 654 g/mol. The summed E-state index contributed by atoms with van der Waals surface area (Å²) in [6, 6.07) is 0. The molecule has 0 unspecified atom stereocenters. The highest BCUT2D eigenvalue weighted by Crippen LogP contribution is 2.77. The minimum absolute atomic E-state index is 0.0295. The Morgan fingerprint density at radius 1 is 0.865 bits per heavy atom. The van der Waals surface area contributed by atoms with Crippen molar-refractivity contribution >= 4 is 29.4 Å². The summed E-state index contributed by atoms with van der Waals surface area (Å²) in [5.41, 5.74) is 0.103. The number of Topliss-reactive ketones (excluding diaryl/α,β-unsaturated/α-hetero) is 2. The molecule has 1 N–H and O–H groups in total. The van der Waals surface area contributed by atoms with Crippen LogP contribution in [0.25, 0.3) is 0 Å². The number of likely N-dealkylation sites (tertiary alicyclic amines) is 1. The predicted octanol–water partition coefficient (Wildman–Crippen LogP) is 8.60. The fourth-order valence-corrected chi connectivity index (χ4v) is 13.7. The van der Waals surface area contributed by atoms with Crippen molar-refractivity contribution in [3.8, 4) is 0 Å². The Bertz CT molecular complexity index is 1550. The number of rotatable bonds is 8. The van der Waals surface area contributed by atoms with Crippen LogP contribution in [0.1, 0.15) is 153 Å². The number of hydrogen-bond donors (Lipinski definition) is 1. The Morgan fingerprint density at radius 3 is 2.12 bits per heavy atom. The van der Waals surface area contributed by atoms with Crippen molar-refractivity contribution in [3.63, 3.8) is 0 Å². The summed E-state index contributed by atoms with van der Waals surface area (Å²) < 4.78 is 6.16. The number of esters is 1. The monoisotopic (exact) mass is 721 g/mol. The number of carboxylic acid groups (broad SMARTS) is 1. The lowest BCUT2D eigenvalue weighted by Gasteiger charge is -2.72. The van der Waals surface area contributed by atoms with Crippen molar-refractivity contribution in [1.82, 2.24) is 4.90 Å². The van der Waals surface area contributed by atoms with E-state index in [4.69, 9.17) is 4.74 Å². The van der Waals surface area contributed by atoms with E-state index in [9.17, 15) is 29.1 Å². The lowest BCUT2D eigenvalue weighted by atomic mass is 9.33. The number of amides is 1. The summed E-state index contributed by atoms with van der Waals surface area (Å²) in [4.78, 5) is 67.5. The average Bonchev–Trinajstić information content (AvgIpc) is 3.36. The minimum atomic E-state index is -1.17. The van der Waals surface area contributed by atoms with Crippen LogP contribution in [0.5, 0.6) is 0 Å². The van der Waals surface area contributed by atoms with Crippen LogP contribution < -0.4 is 0 Å². The molecule has 52 heavy (non-hydrogen) atoms. The highest BCUT2D eigenvalue weighted by Gasteiger charge is 2.71. The molecule has 5 fully saturated rings. The van der Waals surface area contributed by atoms with Crippen molar-refractivity contribution in [1.29, 1.82) is 0 Å². The van der Waals surface area contributed by atoms with Gasteiger partial charge in [0.1, 0.15) is 11.9 Å². The van der Waals surface area contributed by atoms with Crippen LogP contribution in [0, 0.1) is 62.1 Å². The van der Waals surface area contributed by atoms with Gasteiger partial charge in [-0.25, -0.2) is 0 Å². The maximum Gasteiger partial charge on any atom is 0.309 e. The van der Waals surface area contributed by atoms with Crippen molar-refractivity contribution in [3.05, 3.63) is 11.1 Å². The van der Waals surface area contributed by atoms with Gasteiger partial charge in [0.15, 0.2) is 5.78 Å². The second kappa shape index (κ2) is 13.1. The molecule has 290 valence electrons. The Morgan fingerprint density at radius 2 is 1.52 bits per heavy atom. The zero-order valence-corrected chi connectivity index (χ0v) is 33.9. The number of carbonyl (C=O) groups is 5. The quantitative estimate of drug-likeness (QED) is 0.250. The number of hydrogen-bond acceptors (Lipinski definition) is 6. The van der Waals surface area contributed by atoms with Gasteiger partial charge >= 0.3 is 11.9 Å². The molecule has 6 aliphatic rings. The van der Waals surface area contributed by atoms with Crippen LogP contribution in [0.3, 0.4) is 0 Å². The largest absolute Gasteiger partial charge is 0.481 e. The highest BCUT2D eigenvalue weighted by molar-refractivity contribution is 6.07. The number of aliphatic carboxylic acids is 1. The SMILES string of the molecule is CC(=O)N1CCC(CC(=O)[C@@]23CC[C@]4(C)[C@H](CC[C@@H]5[C@@]6(C)CC[C@H](OC(=O)CC(C)(C)C(=O)O)C(C)(C)[C@@H]6CC[C@]54C)C2=C(C(C)C)C(=O)C3)CC1. The van der Waals surface area contributed by atoms with E-state index in [1.54, 1.807) is 20.8 Å². The number of ketones is 2. The van der Waals surface area contributed by atoms with E-state index in [1.165, 1.54) is 5.57 Å². The second-order valence-electron chi connectivity index (χ2n) is 20.6. The number of allylic oxidation sites excluding steroid dienone is 2. The zero-order valence-electron chi connectivity index (χ0n) is 33.9. The molecule has 0 radical (unpaired) electrons. The maximum absolute atomic E-state index is 14.7. The third-order valence-corrected chi connectivity index (χ3v) is 16.9. The first-order valence-corrected chi connectivity index (χ1v) is 20.5. The van der Waals surface area contributed by atoms with Crippen LogP contribution in [0.4, 0.5) is 0 Å². The molecule has 8 atom stereocenters. The topological polar surface area (TPSA) is 118 Å². The fourth-order valence-electron chi connectivity index (χ4n) is 13.7. The lowest BCUT2D eigenvalue weighted by Crippen LogP contribution is -2.66. The number of fused-ring (bicyclic) bond motifs is 7. The molecule has 0 aromatic heterocycles. The van der Waals surface area contributed by atoms with Gasteiger partial charge in [-0.1, -0.05) is 48.5 Å². The maximum atomic E-state index is 14.7. The normalized spacial score (nSPS) is 39.0. The molecule has 0 aromatic rings. The van der Waals surface area contributed by atoms with Crippen molar-refractivity contribution in [2.45, 2.75) is 159 Å². The Kier molecular flexibility index (Phi) is 9.85. The minimum Gasteiger partial charge on any atom is -0.481 e. The fraction of sp³-hybridized carbons (Fsp3) is 0.841. The Labute approximate surface area is 312 Å². The average molecular weight is 722 g/mol. The molecule has 8 heteroatoms. The highest BCUT2D eigenvalue weighted by atomic mass is 16.5. The third kappa shape index (κ3) is 5.85. The van der Waals surface area contributed by atoms with Gasteiger partial charge in [-0.3, -0.25) is 24.0 Å². The van der Waals surface area contributed by atoms with Crippen molar-refractivity contribution < 1.29 is 33.8 Å². The van der Waals surface area contributed by atoms with E-state index in [0.29, 0.717) is 37.8 Å². The molecule has 6 rings (SSSR count). The molecule has 5 aliphatic carbocycles. The molecule has 0 aromatic carbocycles. The predicted molar refractivity (Wildman–Crippen MR) is 200 cm³/mol. The van der Waals surface area contributed by atoms with E-state index in [1.807, 2.05) is 4.90 Å². The molecule has 1 saturated heterocycles. The molecule has 4 saturated carbocycles. The number of carboxylic acids is 1. The molecule has 1 amide bonds. The molecule has 0 bridgehead atoms. The van der Waals surface area contributed by atoms with Gasteiger partial charge in [0.25, 0.3) is 0 Å². The van der Waals surface area contributed by atoms with Gasteiger partial charge < -0.3 is 14.7 Å². The number of nitrogens with zero attached hydrogens (tertiary/aromatic N) is 1. The molecule has 1 aliphatic heterocycles. The van der Waals surface area contributed by atoms with Gasteiger partial charge in [0.05, 0.1) is 17.3 Å².